The summed E-state index contributed by atoms with van der Waals surface area (Å²) in [5, 5.41) is 0.925. The first kappa shape index (κ1) is 7.70. The van der Waals surface area contributed by atoms with Crippen LogP contribution >= 0.6 is 23.2 Å². The molecule has 1 radical (unpaired) electrons. The standard InChI is InChI=1S/C7H5Cl2O/c1-10-7-3-5(8)2-6(9)4-7/h3-4H,1H3. The van der Waals surface area contributed by atoms with E-state index >= 15 is 0 Å². The monoisotopic (exact) mass is 175 g/mol. The summed E-state index contributed by atoms with van der Waals surface area (Å²) < 4.78 is 4.89. The fourth-order valence-corrected chi connectivity index (χ4v) is 1.06. The number of methoxy groups -OCH3 is 1. The normalized spacial score (nSPS) is 9.50. The molecular formula is C7H5Cl2O. The van der Waals surface area contributed by atoms with Crippen LogP contribution in [0.1, 0.15) is 0 Å². The predicted octanol–water partition coefficient (Wildman–Crippen LogP) is 2.80. The largest absolute Gasteiger partial charge is 0.497 e. The molecule has 53 valence electrons. The second-order valence-corrected chi connectivity index (χ2v) is 2.53. The SMILES string of the molecule is COc1cc(Cl)[c]c(Cl)c1. The van der Waals surface area contributed by atoms with Gasteiger partial charge in [-0.15, -0.1) is 0 Å². The van der Waals surface area contributed by atoms with Gasteiger partial charge in [-0.3, -0.25) is 0 Å². The van der Waals surface area contributed by atoms with E-state index in [0.717, 1.165) is 0 Å². The third-order valence-electron chi connectivity index (χ3n) is 1.01. The van der Waals surface area contributed by atoms with Gasteiger partial charge in [0.15, 0.2) is 0 Å². The van der Waals surface area contributed by atoms with Crippen molar-refractivity contribution in [3.8, 4) is 5.75 Å². The summed E-state index contributed by atoms with van der Waals surface area (Å²) in [7, 11) is 1.56. The smallest absolute Gasteiger partial charge is 0.121 e. The van der Waals surface area contributed by atoms with E-state index in [1.54, 1.807) is 19.2 Å². The van der Waals surface area contributed by atoms with Crippen molar-refractivity contribution in [1.29, 1.82) is 0 Å². The van der Waals surface area contributed by atoms with Gasteiger partial charge in [0, 0.05) is 6.07 Å². The van der Waals surface area contributed by atoms with Crippen molar-refractivity contribution >= 4 is 23.2 Å². The van der Waals surface area contributed by atoms with E-state index in [-0.39, 0.29) is 0 Å². The first-order valence-electron chi connectivity index (χ1n) is 2.65. The lowest BCUT2D eigenvalue weighted by Crippen LogP contribution is -1.81. The molecule has 0 fully saturated rings. The summed E-state index contributed by atoms with van der Waals surface area (Å²) in [5.41, 5.74) is 0. The van der Waals surface area contributed by atoms with Gasteiger partial charge in [0.1, 0.15) is 5.75 Å². The minimum atomic E-state index is 0.462. The first-order chi connectivity index (χ1) is 4.72. The van der Waals surface area contributed by atoms with Crippen LogP contribution in [0.5, 0.6) is 5.75 Å². The fraction of sp³-hybridized carbons (Fsp3) is 0.143. The molecule has 0 aliphatic carbocycles. The number of rotatable bonds is 1. The van der Waals surface area contributed by atoms with Gasteiger partial charge in [-0.2, -0.15) is 0 Å². The highest BCUT2D eigenvalue weighted by Crippen LogP contribution is 2.22. The Morgan fingerprint density at radius 3 is 2.20 bits per heavy atom. The average molecular weight is 176 g/mol. The Balaban J connectivity index is 3.06. The number of ether oxygens (including phenoxy) is 1. The fourth-order valence-electron chi connectivity index (χ4n) is 0.596. The topological polar surface area (TPSA) is 9.23 Å². The maximum Gasteiger partial charge on any atom is 0.121 e. The molecular weight excluding hydrogens is 171 g/mol. The molecule has 0 unspecified atom stereocenters. The van der Waals surface area contributed by atoms with Crippen molar-refractivity contribution in [2.24, 2.45) is 0 Å². The molecule has 3 heteroatoms. The van der Waals surface area contributed by atoms with Crippen molar-refractivity contribution < 1.29 is 4.74 Å². The third kappa shape index (κ3) is 1.79. The summed E-state index contributed by atoms with van der Waals surface area (Å²) in [4.78, 5) is 0. The van der Waals surface area contributed by atoms with Crippen molar-refractivity contribution in [2.75, 3.05) is 7.11 Å². The maximum atomic E-state index is 5.61. The van der Waals surface area contributed by atoms with E-state index in [1.165, 1.54) is 0 Å². The van der Waals surface area contributed by atoms with E-state index < -0.39 is 0 Å². The van der Waals surface area contributed by atoms with Gasteiger partial charge in [-0.05, 0) is 12.1 Å². The van der Waals surface area contributed by atoms with E-state index in [4.69, 9.17) is 27.9 Å². The third-order valence-corrected chi connectivity index (χ3v) is 1.42. The molecule has 0 aromatic heterocycles. The van der Waals surface area contributed by atoms with Crippen LogP contribution in [-0.4, -0.2) is 7.11 Å². The van der Waals surface area contributed by atoms with Gasteiger partial charge in [0.25, 0.3) is 0 Å². The predicted molar refractivity (Wildman–Crippen MR) is 41.9 cm³/mol. The highest BCUT2D eigenvalue weighted by atomic mass is 35.5. The van der Waals surface area contributed by atoms with Crippen LogP contribution in [0, 0.1) is 6.07 Å². The molecule has 0 heterocycles. The van der Waals surface area contributed by atoms with Gasteiger partial charge in [0.05, 0.1) is 17.2 Å². The molecule has 0 atom stereocenters. The summed E-state index contributed by atoms with van der Waals surface area (Å²) in [6, 6.07) is 5.99. The summed E-state index contributed by atoms with van der Waals surface area (Å²) in [6.07, 6.45) is 0. The molecule has 0 N–H and O–H groups in total. The Labute approximate surface area is 69.5 Å². The molecule has 0 amide bonds. The van der Waals surface area contributed by atoms with Crippen LogP contribution in [0.2, 0.25) is 10.0 Å². The van der Waals surface area contributed by atoms with Crippen LogP contribution in [0.15, 0.2) is 12.1 Å². The van der Waals surface area contributed by atoms with Crippen LogP contribution in [-0.2, 0) is 0 Å². The minimum absolute atomic E-state index is 0.462. The first-order valence-corrected chi connectivity index (χ1v) is 3.40. The number of hydrogen-bond acceptors (Lipinski definition) is 1. The van der Waals surface area contributed by atoms with Crippen molar-refractivity contribution in [2.45, 2.75) is 0 Å². The Bertz CT molecular complexity index is 215. The van der Waals surface area contributed by atoms with Gasteiger partial charge in [-0.25, -0.2) is 0 Å². The summed E-state index contributed by atoms with van der Waals surface area (Å²) >= 11 is 11.2. The zero-order valence-corrected chi connectivity index (χ0v) is 6.83. The summed E-state index contributed by atoms with van der Waals surface area (Å²) in [5.74, 6) is 0.647. The molecule has 0 aliphatic rings. The van der Waals surface area contributed by atoms with Crippen molar-refractivity contribution in [1.82, 2.24) is 0 Å². The maximum absolute atomic E-state index is 5.61. The Hall–Kier alpha value is -0.400. The van der Waals surface area contributed by atoms with Gasteiger partial charge >= 0.3 is 0 Å². The molecule has 1 rings (SSSR count). The molecule has 0 aliphatic heterocycles. The van der Waals surface area contributed by atoms with Crippen LogP contribution in [0.3, 0.4) is 0 Å². The van der Waals surface area contributed by atoms with E-state index in [0.29, 0.717) is 15.8 Å². The van der Waals surface area contributed by atoms with Crippen LogP contribution in [0.4, 0.5) is 0 Å². The number of benzene rings is 1. The molecule has 0 saturated heterocycles. The molecule has 1 nitrogen and oxygen atoms in total. The average Bonchev–Trinajstić information content (AvgIpc) is 1.85. The lowest BCUT2D eigenvalue weighted by atomic mass is 10.3. The van der Waals surface area contributed by atoms with E-state index in [9.17, 15) is 0 Å². The van der Waals surface area contributed by atoms with E-state index in [1.807, 2.05) is 0 Å². The molecule has 0 spiro atoms. The second-order valence-electron chi connectivity index (χ2n) is 1.72. The number of hydrogen-bond donors (Lipinski definition) is 0. The van der Waals surface area contributed by atoms with Crippen molar-refractivity contribution in [3.63, 3.8) is 0 Å². The molecule has 0 bridgehead atoms. The van der Waals surface area contributed by atoms with Gasteiger partial charge < -0.3 is 4.74 Å². The Morgan fingerprint density at radius 2 is 1.80 bits per heavy atom. The molecule has 1 aromatic carbocycles. The van der Waals surface area contributed by atoms with Gasteiger partial charge in [-0.1, -0.05) is 23.2 Å². The van der Waals surface area contributed by atoms with Gasteiger partial charge in [0.2, 0.25) is 0 Å². The van der Waals surface area contributed by atoms with Crippen LogP contribution in [0.25, 0.3) is 0 Å². The van der Waals surface area contributed by atoms with Crippen molar-refractivity contribution in [3.05, 3.63) is 28.2 Å². The lowest BCUT2D eigenvalue weighted by Gasteiger charge is -1.98. The van der Waals surface area contributed by atoms with E-state index in [2.05, 4.69) is 6.07 Å². The molecule has 1 aromatic rings. The van der Waals surface area contributed by atoms with Crippen LogP contribution < -0.4 is 4.74 Å². The Morgan fingerprint density at radius 1 is 1.30 bits per heavy atom. The molecule has 10 heavy (non-hydrogen) atoms. The second kappa shape index (κ2) is 3.13. The molecule has 0 saturated carbocycles. The quantitative estimate of drug-likeness (QED) is 0.639. The lowest BCUT2D eigenvalue weighted by molar-refractivity contribution is 0.415. The Kier molecular flexibility index (Phi) is 2.41. The minimum Gasteiger partial charge on any atom is -0.497 e. The zero-order valence-electron chi connectivity index (χ0n) is 5.32. The summed E-state index contributed by atoms with van der Waals surface area (Å²) in [6.45, 7) is 0. The highest BCUT2D eigenvalue weighted by molar-refractivity contribution is 6.34. The highest BCUT2D eigenvalue weighted by Gasteiger charge is 1.96. The zero-order chi connectivity index (χ0) is 7.56. The number of halogens is 2.